The molecule has 5 atom stereocenters. The number of nitrogens with zero attached hydrogens (tertiary/aromatic N) is 2. The van der Waals surface area contributed by atoms with Gasteiger partial charge in [-0.05, 0) is 39.0 Å². The normalized spacial score (nSPS) is 23.4. The summed E-state index contributed by atoms with van der Waals surface area (Å²) in [6, 6.07) is 7.90. The molecule has 0 amide bonds. The van der Waals surface area contributed by atoms with Gasteiger partial charge in [-0.25, -0.2) is 18.1 Å². The number of aliphatic hydroxyl groups is 1. The Morgan fingerprint density at radius 1 is 1.30 bits per heavy atom. The lowest BCUT2D eigenvalue weighted by Crippen LogP contribution is -2.43. The number of nitrogens with two attached hydrogens (primary N) is 1. The lowest BCUT2D eigenvalue weighted by atomic mass is 10.1. The quantitative estimate of drug-likeness (QED) is 0.278. The van der Waals surface area contributed by atoms with E-state index < -0.39 is 68.9 Å². The molecule has 204 valence electrons. The molecule has 2 unspecified atom stereocenters. The second-order valence-corrected chi connectivity index (χ2v) is 10.3. The van der Waals surface area contributed by atoms with Gasteiger partial charge in [0, 0.05) is 6.20 Å². The number of para-hydroxylation sites is 1. The number of rotatable bonds is 11. The van der Waals surface area contributed by atoms with E-state index in [1.165, 1.54) is 31.3 Å². The van der Waals surface area contributed by atoms with Gasteiger partial charge in [-0.3, -0.25) is 13.9 Å². The maximum Gasteiger partial charge on any atom is 0.459 e. The number of nitrogen functional groups attached to an aromatic ring is 1. The molecule has 2 aromatic rings. The van der Waals surface area contributed by atoms with E-state index in [1.807, 2.05) is 0 Å². The summed E-state index contributed by atoms with van der Waals surface area (Å²) in [7, 11) is -4.38. The fourth-order valence-electron chi connectivity index (χ4n) is 3.38. The Balaban J connectivity index is 1.74. The number of halogens is 2. The van der Waals surface area contributed by atoms with Crippen molar-refractivity contribution in [2.24, 2.45) is 0 Å². The number of alkyl halides is 2. The van der Waals surface area contributed by atoms with E-state index in [9.17, 15) is 28.0 Å². The zero-order valence-corrected chi connectivity index (χ0v) is 21.2. The van der Waals surface area contributed by atoms with Gasteiger partial charge < -0.3 is 24.8 Å². The van der Waals surface area contributed by atoms with Crippen LogP contribution in [0.25, 0.3) is 0 Å². The van der Waals surface area contributed by atoms with E-state index in [4.69, 9.17) is 24.3 Å². The standard InChI is InChI=1S/C22H29F2N4O8P/c1-13(2)34-20(30)14(3)27-37(32,36-15-7-5-4-6-8-15)33-12-16-19(29)22(23,24)17(35-16)11-28-10-9-18(25)26-21(28)31/h4-10,13-14,16-17,19,29H,11-12H2,1-3H3,(H,27,32)(H2,25,26,31)/t14-,16-,17?,19-,37?/m1/s1. The Morgan fingerprint density at radius 2 is 1.97 bits per heavy atom. The number of ether oxygens (including phenoxy) is 2. The monoisotopic (exact) mass is 546 g/mol. The molecule has 1 aromatic carbocycles. The minimum Gasteiger partial charge on any atom is -0.462 e. The second kappa shape index (κ2) is 11.7. The average Bonchev–Trinajstić information content (AvgIpc) is 3.02. The van der Waals surface area contributed by atoms with Crippen molar-refractivity contribution < 1.29 is 41.8 Å². The van der Waals surface area contributed by atoms with Gasteiger partial charge in [-0.2, -0.15) is 10.1 Å². The highest BCUT2D eigenvalue weighted by molar-refractivity contribution is 7.52. The molecule has 15 heteroatoms. The van der Waals surface area contributed by atoms with Crippen LogP contribution in [0.4, 0.5) is 14.6 Å². The van der Waals surface area contributed by atoms with Crippen molar-refractivity contribution in [1.82, 2.24) is 14.6 Å². The molecular formula is C22H29F2N4O8P. The molecule has 12 nitrogen and oxygen atoms in total. The van der Waals surface area contributed by atoms with E-state index in [0.29, 0.717) is 0 Å². The van der Waals surface area contributed by atoms with Crippen molar-refractivity contribution in [1.29, 1.82) is 0 Å². The van der Waals surface area contributed by atoms with Gasteiger partial charge in [0.05, 0.1) is 19.3 Å². The number of hydrogen-bond donors (Lipinski definition) is 3. The summed E-state index contributed by atoms with van der Waals surface area (Å²) in [5.41, 5.74) is 4.54. The molecule has 0 aliphatic carbocycles. The van der Waals surface area contributed by atoms with Crippen molar-refractivity contribution in [3.05, 3.63) is 53.1 Å². The van der Waals surface area contributed by atoms with E-state index in [-0.39, 0.29) is 11.6 Å². The van der Waals surface area contributed by atoms with Crippen molar-refractivity contribution in [2.75, 3.05) is 12.3 Å². The first-order valence-corrected chi connectivity index (χ1v) is 12.9. The largest absolute Gasteiger partial charge is 0.462 e. The van der Waals surface area contributed by atoms with Crippen LogP contribution in [0.1, 0.15) is 20.8 Å². The van der Waals surface area contributed by atoms with Gasteiger partial charge in [0.1, 0.15) is 35.9 Å². The third-order valence-corrected chi connectivity index (χ3v) is 6.85. The maximum atomic E-state index is 14.8. The number of hydrogen-bond acceptors (Lipinski definition) is 10. The molecule has 1 aliphatic heterocycles. The minimum atomic E-state index is -4.38. The molecule has 4 N–H and O–H groups in total. The van der Waals surface area contributed by atoms with Gasteiger partial charge in [0.15, 0.2) is 0 Å². The Labute approximate surface area is 211 Å². The predicted molar refractivity (Wildman–Crippen MR) is 127 cm³/mol. The number of nitrogens with one attached hydrogen (secondary N) is 1. The van der Waals surface area contributed by atoms with E-state index >= 15 is 0 Å². The van der Waals surface area contributed by atoms with Gasteiger partial charge in [0.2, 0.25) is 0 Å². The number of esters is 1. The maximum absolute atomic E-state index is 14.8. The van der Waals surface area contributed by atoms with Crippen molar-refractivity contribution in [3.63, 3.8) is 0 Å². The number of carbonyl (C=O) groups excluding carboxylic acids is 1. The first kappa shape index (κ1) is 28.7. The summed E-state index contributed by atoms with van der Waals surface area (Å²) in [4.78, 5) is 27.6. The molecule has 1 aliphatic rings. The highest BCUT2D eigenvalue weighted by Gasteiger charge is 2.58. The zero-order chi connectivity index (χ0) is 27.4. The van der Waals surface area contributed by atoms with Gasteiger partial charge in [0.25, 0.3) is 0 Å². The summed E-state index contributed by atoms with van der Waals surface area (Å²) in [5.74, 6) is -4.52. The SMILES string of the molecule is CC(C)OC(=O)[C@@H](C)NP(=O)(OC[C@H]1OC(Cn2ccc(N)nc2=O)C(F)(F)[C@@H]1O)Oc1ccccc1. The first-order chi connectivity index (χ1) is 17.3. The van der Waals surface area contributed by atoms with Gasteiger partial charge in [-0.15, -0.1) is 0 Å². The lowest BCUT2D eigenvalue weighted by Gasteiger charge is -2.25. The van der Waals surface area contributed by atoms with E-state index in [1.54, 1.807) is 32.0 Å². The summed E-state index contributed by atoms with van der Waals surface area (Å²) in [6.07, 6.45) is -5.21. The van der Waals surface area contributed by atoms with Crippen LogP contribution in [0.15, 0.2) is 47.4 Å². The van der Waals surface area contributed by atoms with Crippen LogP contribution in [-0.2, 0) is 29.9 Å². The molecule has 2 heterocycles. The second-order valence-electron chi connectivity index (χ2n) is 8.60. The van der Waals surface area contributed by atoms with Gasteiger partial charge in [-0.1, -0.05) is 18.2 Å². The number of aliphatic hydroxyl groups excluding tert-OH is 1. The molecule has 0 saturated carbocycles. The number of benzene rings is 1. The lowest BCUT2D eigenvalue weighted by molar-refractivity contribution is -0.149. The minimum absolute atomic E-state index is 0.0835. The predicted octanol–water partition coefficient (Wildman–Crippen LogP) is 1.72. The molecule has 1 fully saturated rings. The van der Waals surface area contributed by atoms with Crippen LogP contribution >= 0.6 is 7.75 Å². The van der Waals surface area contributed by atoms with Crippen molar-refractivity contribution >= 4 is 19.5 Å². The third-order valence-electron chi connectivity index (χ3n) is 5.21. The first-order valence-electron chi connectivity index (χ1n) is 11.3. The van der Waals surface area contributed by atoms with E-state index in [2.05, 4.69) is 10.1 Å². The number of anilines is 1. The zero-order valence-electron chi connectivity index (χ0n) is 20.3. The molecule has 1 saturated heterocycles. The summed E-state index contributed by atoms with van der Waals surface area (Å²) >= 11 is 0. The Hall–Kier alpha value is -2.90. The van der Waals surface area contributed by atoms with Crippen molar-refractivity contribution in [3.8, 4) is 5.75 Å². The van der Waals surface area contributed by atoms with Crippen LogP contribution < -0.4 is 21.0 Å². The van der Waals surface area contributed by atoms with Crippen LogP contribution in [-0.4, -0.2) is 63.6 Å². The fraction of sp³-hybridized carbons (Fsp3) is 0.500. The average molecular weight is 546 g/mol. The number of carbonyl (C=O) groups is 1. The van der Waals surface area contributed by atoms with Crippen LogP contribution in [0.2, 0.25) is 0 Å². The molecular weight excluding hydrogens is 517 g/mol. The summed E-state index contributed by atoms with van der Waals surface area (Å²) in [6.45, 7) is 3.18. The number of aromatic nitrogens is 2. The summed E-state index contributed by atoms with van der Waals surface area (Å²) < 4.78 is 65.1. The molecule has 3 rings (SSSR count). The van der Waals surface area contributed by atoms with Crippen LogP contribution in [0.5, 0.6) is 5.75 Å². The van der Waals surface area contributed by atoms with Gasteiger partial charge >= 0.3 is 25.3 Å². The van der Waals surface area contributed by atoms with Crippen LogP contribution in [0, 0.1) is 0 Å². The molecule has 1 aromatic heterocycles. The smallest absolute Gasteiger partial charge is 0.459 e. The fourth-order valence-corrected chi connectivity index (χ4v) is 4.88. The molecule has 0 bridgehead atoms. The van der Waals surface area contributed by atoms with E-state index in [0.717, 1.165) is 4.57 Å². The topological polar surface area (TPSA) is 164 Å². The molecule has 37 heavy (non-hydrogen) atoms. The summed E-state index contributed by atoms with van der Waals surface area (Å²) in [5, 5.41) is 12.6. The van der Waals surface area contributed by atoms with Crippen LogP contribution in [0.3, 0.4) is 0 Å². The van der Waals surface area contributed by atoms with Crippen molar-refractivity contribution in [2.45, 2.75) is 63.7 Å². The Morgan fingerprint density at radius 3 is 2.59 bits per heavy atom. The Bertz CT molecular complexity index is 1180. The third kappa shape index (κ3) is 7.33. The Kier molecular flexibility index (Phi) is 9.03. The highest BCUT2D eigenvalue weighted by Crippen LogP contribution is 2.46. The highest BCUT2D eigenvalue weighted by atomic mass is 31.2. The molecule has 0 spiro atoms. The molecule has 0 radical (unpaired) electrons.